The first kappa shape index (κ1) is 14.7. The Morgan fingerprint density at radius 1 is 1.55 bits per heavy atom. The molecule has 0 spiro atoms. The van der Waals surface area contributed by atoms with E-state index in [1.807, 2.05) is 0 Å². The predicted octanol–water partition coefficient (Wildman–Crippen LogP) is -0.678. The molecule has 0 aliphatic carbocycles. The second-order valence-electron chi connectivity index (χ2n) is 4.40. The molecule has 1 saturated heterocycles. The summed E-state index contributed by atoms with van der Waals surface area (Å²) in [5, 5.41) is 3.05. The van der Waals surface area contributed by atoms with Crippen molar-refractivity contribution in [1.82, 2.24) is 15.3 Å². The van der Waals surface area contributed by atoms with E-state index in [1.54, 1.807) is 0 Å². The number of nitrogens with one attached hydrogen (secondary N) is 2. The topological polar surface area (TPSA) is 136 Å². The van der Waals surface area contributed by atoms with E-state index in [9.17, 15) is 9.59 Å². The Kier molecular flexibility index (Phi) is 4.85. The fraction of sp³-hybridized carbons (Fsp3) is 0.545. The average molecular weight is 299 g/mol. The summed E-state index contributed by atoms with van der Waals surface area (Å²) < 4.78 is 5.40. The fourth-order valence-corrected chi connectivity index (χ4v) is 2.46. The summed E-state index contributed by atoms with van der Waals surface area (Å²) in [6, 6.07) is 0. The third kappa shape index (κ3) is 3.87. The van der Waals surface area contributed by atoms with E-state index in [2.05, 4.69) is 15.3 Å². The number of rotatable bonds is 5. The number of nitrogens with two attached hydrogens (primary N) is 2. The number of nitrogen functional groups attached to an aromatic ring is 2. The summed E-state index contributed by atoms with van der Waals surface area (Å²) in [7, 11) is 0. The third-order valence-corrected chi connectivity index (χ3v) is 3.73. The Bertz CT molecular complexity index is 541. The first-order valence-corrected chi connectivity index (χ1v) is 7.21. The van der Waals surface area contributed by atoms with E-state index < -0.39 is 5.56 Å². The molecular weight excluding hydrogens is 282 g/mol. The maximum absolute atomic E-state index is 11.6. The van der Waals surface area contributed by atoms with Crippen LogP contribution in [0.25, 0.3) is 0 Å². The molecule has 2 heterocycles. The van der Waals surface area contributed by atoms with Gasteiger partial charge in [-0.3, -0.25) is 14.6 Å². The van der Waals surface area contributed by atoms with Crippen molar-refractivity contribution in [1.29, 1.82) is 0 Å². The van der Waals surface area contributed by atoms with E-state index in [-0.39, 0.29) is 34.4 Å². The van der Waals surface area contributed by atoms with Gasteiger partial charge in [-0.2, -0.15) is 0 Å². The number of hydrogen-bond donors (Lipinski definition) is 4. The zero-order valence-electron chi connectivity index (χ0n) is 10.8. The van der Waals surface area contributed by atoms with Gasteiger partial charge in [-0.15, -0.1) is 0 Å². The van der Waals surface area contributed by atoms with Crippen LogP contribution in [0.2, 0.25) is 0 Å². The van der Waals surface area contributed by atoms with Crippen LogP contribution in [-0.4, -0.2) is 40.9 Å². The highest BCUT2D eigenvalue weighted by molar-refractivity contribution is 7.99. The molecule has 20 heavy (non-hydrogen) atoms. The summed E-state index contributed by atoms with van der Waals surface area (Å²) in [5.74, 6) is -0.0430. The molecule has 0 saturated carbocycles. The first-order chi connectivity index (χ1) is 9.56. The summed E-state index contributed by atoms with van der Waals surface area (Å²) >= 11 is 1.09. The summed E-state index contributed by atoms with van der Waals surface area (Å²) in [6.07, 6.45) is 2.11. The number of carbonyl (C=O) groups excluding carboxylic acids is 1. The Labute approximate surface area is 119 Å². The Morgan fingerprint density at radius 3 is 3.00 bits per heavy atom. The smallest absolute Gasteiger partial charge is 0.276 e. The van der Waals surface area contributed by atoms with Crippen LogP contribution in [0, 0.1) is 0 Å². The van der Waals surface area contributed by atoms with Gasteiger partial charge in [-0.05, 0) is 12.8 Å². The quantitative estimate of drug-likeness (QED) is 0.418. The fourth-order valence-electron chi connectivity index (χ4n) is 1.76. The molecule has 9 heteroatoms. The van der Waals surface area contributed by atoms with Crippen LogP contribution < -0.4 is 22.3 Å². The Hall–Kier alpha value is -1.74. The lowest BCUT2D eigenvalue weighted by Crippen LogP contribution is -2.33. The van der Waals surface area contributed by atoms with Crippen LogP contribution in [0.15, 0.2) is 9.95 Å². The van der Waals surface area contributed by atoms with Gasteiger partial charge in [0.05, 0.1) is 11.9 Å². The van der Waals surface area contributed by atoms with Crippen LogP contribution in [0.3, 0.4) is 0 Å². The van der Waals surface area contributed by atoms with Crippen LogP contribution in [0.5, 0.6) is 0 Å². The third-order valence-electron chi connectivity index (χ3n) is 2.85. The van der Waals surface area contributed by atoms with Crippen LogP contribution >= 0.6 is 11.8 Å². The number of aromatic nitrogens is 2. The molecule has 8 nitrogen and oxygen atoms in total. The van der Waals surface area contributed by atoms with Crippen LogP contribution in [0.1, 0.15) is 12.8 Å². The van der Waals surface area contributed by atoms with E-state index >= 15 is 0 Å². The van der Waals surface area contributed by atoms with Crippen molar-refractivity contribution < 1.29 is 9.53 Å². The van der Waals surface area contributed by atoms with Crippen molar-refractivity contribution in [2.75, 3.05) is 30.4 Å². The largest absolute Gasteiger partial charge is 0.391 e. The molecule has 0 aromatic carbocycles. The zero-order valence-corrected chi connectivity index (χ0v) is 11.7. The number of anilines is 2. The Morgan fingerprint density at radius 2 is 2.35 bits per heavy atom. The van der Waals surface area contributed by atoms with Gasteiger partial charge in [0.2, 0.25) is 5.91 Å². The van der Waals surface area contributed by atoms with E-state index in [1.165, 1.54) is 0 Å². The number of aromatic amines is 1. The van der Waals surface area contributed by atoms with Gasteiger partial charge in [-0.25, -0.2) is 4.98 Å². The number of ether oxygens (including phenoxy) is 1. The second-order valence-corrected chi connectivity index (χ2v) is 5.36. The summed E-state index contributed by atoms with van der Waals surface area (Å²) in [6.45, 7) is 1.26. The highest BCUT2D eigenvalue weighted by Crippen LogP contribution is 2.14. The molecule has 1 amide bonds. The standard InChI is InChI=1S/C11H17N5O3S/c12-8-9(13)15-11(16-10(8)18)20-5-7(17)14-4-6-2-1-3-19-6/h6H,1-5,12H2,(H,14,17)(H3,13,15,16,18). The van der Waals surface area contributed by atoms with Gasteiger partial charge in [0, 0.05) is 13.2 Å². The molecular formula is C11H17N5O3S. The minimum atomic E-state index is -0.500. The molecule has 6 N–H and O–H groups in total. The molecule has 0 radical (unpaired) electrons. The van der Waals surface area contributed by atoms with Crippen molar-refractivity contribution in [2.45, 2.75) is 24.1 Å². The first-order valence-electron chi connectivity index (χ1n) is 6.22. The lowest BCUT2D eigenvalue weighted by Gasteiger charge is -2.10. The number of H-pyrrole nitrogens is 1. The minimum absolute atomic E-state index is 0.0315. The molecule has 1 fully saturated rings. The van der Waals surface area contributed by atoms with Crippen molar-refractivity contribution in [3.63, 3.8) is 0 Å². The van der Waals surface area contributed by atoms with Crippen molar-refractivity contribution >= 4 is 29.2 Å². The highest BCUT2D eigenvalue weighted by atomic mass is 32.2. The average Bonchev–Trinajstić information content (AvgIpc) is 2.93. The zero-order chi connectivity index (χ0) is 14.5. The van der Waals surface area contributed by atoms with Gasteiger partial charge in [0.1, 0.15) is 5.69 Å². The number of carbonyl (C=O) groups is 1. The lowest BCUT2D eigenvalue weighted by molar-refractivity contribution is -0.119. The molecule has 2 rings (SSSR count). The number of hydrogen-bond acceptors (Lipinski definition) is 7. The van der Waals surface area contributed by atoms with Crippen molar-refractivity contribution in [3.05, 3.63) is 10.4 Å². The molecule has 1 aliphatic rings. The molecule has 1 unspecified atom stereocenters. The van der Waals surface area contributed by atoms with Gasteiger partial charge in [-0.1, -0.05) is 11.8 Å². The van der Waals surface area contributed by atoms with Gasteiger partial charge >= 0.3 is 0 Å². The monoisotopic (exact) mass is 299 g/mol. The van der Waals surface area contributed by atoms with E-state index in [4.69, 9.17) is 16.2 Å². The van der Waals surface area contributed by atoms with Gasteiger partial charge in [0.15, 0.2) is 11.0 Å². The van der Waals surface area contributed by atoms with Crippen LogP contribution in [0.4, 0.5) is 11.5 Å². The minimum Gasteiger partial charge on any atom is -0.391 e. The number of nitrogens with zero attached hydrogens (tertiary/aromatic N) is 1. The van der Waals surface area contributed by atoms with Crippen LogP contribution in [-0.2, 0) is 9.53 Å². The summed E-state index contributed by atoms with van der Waals surface area (Å²) in [5.41, 5.74) is 10.3. The van der Waals surface area contributed by atoms with E-state index in [0.717, 1.165) is 31.2 Å². The molecule has 1 aliphatic heterocycles. The Balaban J connectivity index is 1.79. The SMILES string of the molecule is Nc1nc(SCC(=O)NCC2CCCO2)[nH]c(=O)c1N. The normalized spacial score (nSPS) is 18.1. The number of thioether (sulfide) groups is 1. The van der Waals surface area contributed by atoms with Crippen molar-refractivity contribution in [2.24, 2.45) is 0 Å². The maximum Gasteiger partial charge on any atom is 0.276 e. The second kappa shape index (κ2) is 6.62. The van der Waals surface area contributed by atoms with Gasteiger partial charge in [0.25, 0.3) is 5.56 Å². The molecule has 110 valence electrons. The number of amides is 1. The predicted molar refractivity (Wildman–Crippen MR) is 76.4 cm³/mol. The maximum atomic E-state index is 11.6. The molecule has 1 aromatic heterocycles. The van der Waals surface area contributed by atoms with Crippen molar-refractivity contribution in [3.8, 4) is 0 Å². The van der Waals surface area contributed by atoms with Gasteiger partial charge < -0.3 is 21.5 Å². The molecule has 1 aromatic rings. The lowest BCUT2D eigenvalue weighted by atomic mass is 10.2. The van der Waals surface area contributed by atoms with E-state index in [0.29, 0.717) is 6.54 Å². The summed E-state index contributed by atoms with van der Waals surface area (Å²) in [4.78, 5) is 29.4. The molecule has 0 bridgehead atoms. The highest BCUT2D eigenvalue weighted by Gasteiger charge is 2.16. The molecule has 1 atom stereocenters.